The third kappa shape index (κ3) is 7.62. The maximum absolute atomic E-state index is 12.5. The average molecular weight is 545 g/mol. The molecule has 2 unspecified atom stereocenters. The number of aliphatic imine (C=N–C) groups is 1. The molecule has 1 aromatic carbocycles. The van der Waals surface area contributed by atoms with E-state index >= 15 is 0 Å². The van der Waals surface area contributed by atoms with Gasteiger partial charge < -0.3 is 15.5 Å². The standard InChI is InChI=1S/C23H36N4OS.HI/c1-3-24-23(26-20-11-7-12-21(15-20)29-4-2)25-14-8-13-22(28)27-16-18-9-5-6-10-19(18)17-27;/h5-6,9-10,20-21H,3-4,7-8,11-17H2,1-2H3,(H2,24,25,26);1H. The zero-order valence-corrected chi connectivity index (χ0v) is 21.5. The molecule has 0 aromatic heterocycles. The Morgan fingerprint density at radius 2 is 1.93 bits per heavy atom. The summed E-state index contributed by atoms with van der Waals surface area (Å²) in [4.78, 5) is 19.2. The lowest BCUT2D eigenvalue weighted by atomic mass is 9.95. The number of thioether (sulfide) groups is 1. The summed E-state index contributed by atoms with van der Waals surface area (Å²) < 4.78 is 0. The van der Waals surface area contributed by atoms with Crippen LogP contribution in [0.4, 0.5) is 0 Å². The molecule has 1 aliphatic carbocycles. The molecule has 0 spiro atoms. The minimum atomic E-state index is 0. The quantitative estimate of drug-likeness (QED) is 0.218. The zero-order valence-electron chi connectivity index (χ0n) is 18.4. The third-order valence-electron chi connectivity index (χ3n) is 5.73. The van der Waals surface area contributed by atoms with E-state index in [-0.39, 0.29) is 29.9 Å². The summed E-state index contributed by atoms with van der Waals surface area (Å²) in [5.74, 6) is 2.34. The number of halogens is 1. The Morgan fingerprint density at radius 1 is 1.20 bits per heavy atom. The fourth-order valence-electron chi connectivity index (χ4n) is 4.27. The minimum absolute atomic E-state index is 0. The number of fused-ring (bicyclic) bond motifs is 1. The van der Waals surface area contributed by atoms with Gasteiger partial charge in [0.2, 0.25) is 5.91 Å². The van der Waals surface area contributed by atoms with Crippen molar-refractivity contribution in [3.05, 3.63) is 35.4 Å². The van der Waals surface area contributed by atoms with Gasteiger partial charge in [0.15, 0.2) is 5.96 Å². The monoisotopic (exact) mass is 544 g/mol. The Bertz CT molecular complexity index is 673. The molecule has 1 aliphatic heterocycles. The normalized spacial score (nSPS) is 21.0. The van der Waals surface area contributed by atoms with Crippen LogP contribution in [0.2, 0.25) is 0 Å². The molecule has 30 heavy (non-hydrogen) atoms. The highest BCUT2D eigenvalue weighted by molar-refractivity contribution is 14.0. The van der Waals surface area contributed by atoms with Gasteiger partial charge in [-0.3, -0.25) is 9.79 Å². The van der Waals surface area contributed by atoms with Crippen LogP contribution in [0.1, 0.15) is 63.5 Å². The Balaban J connectivity index is 0.00000320. The molecule has 5 nitrogen and oxygen atoms in total. The van der Waals surface area contributed by atoms with E-state index in [1.54, 1.807) is 0 Å². The maximum atomic E-state index is 12.5. The van der Waals surface area contributed by atoms with Crippen LogP contribution in [0.5, 0.6) is 0 Å². The molecule has 1 fully saturated rings. The van der Waals surface area contributed by atoms with Crippen molar-refractivity contribution >= 4 is 47.6 Å². The van der Waals surface area contributed by atoms with Crippen molar-refractivity contribution in [2.45, 2.75) is 76.8 Å². The smallest absolute Gasteiger partial charge is 0.223 e. The largest absolute Gasteiger partial charge is 0.357 e. The second kappa shape index (κ2) is 13.5. The molecule has 2 aliphatic rings. The molecule has 1 heterocycles. The number of hydrogen-bond donors (Lipinski definition) is 2. The first-order valence-electron chi connectivity index (χ1n) is 11.2. The molecule has 7 heteroatoms. The zero-order chi connectivity index (χ0) is 20.5. The molecule has 1 amide bonds. The summed E-state index contributed by atoms with van der Waals surface area (Å²) in [7, 11) is 0. The molecule has 1 saturated carbocycles. The minimum Gasteiger partial charge on any atom is -0.357 e. The number of hydrogen-bond acceptors (Lipinski definition) is 3. The van der Waals surface area contributed by atoms with E-state index < -0.39 is 0 Å². The van der Waals surface area contributed by atoms with Crippen molar-refractivity contribution in [1.82, 2.24) is 15.5 Å². The van der Waals surface area contributed by atoms with Gasteiger partial charge in [-0.15, -0.1) is 24.0 Å². The van der Waals surface area contributed by atoms with Crippen molar-refractivity contribution in [2.75, 3.05) is 18.8 Å². The molecule has 1 aromatic rings. The van der Waals surface area contributed by atoms with Crippen molar-refractivity contribution < 1.29 is 4.79 Å². The predicted octanol–water partition coefficient (Wildman–Crippen LogP) is 4.55. The van der Waals surface area contributed by atoms with E-state index in [0.717, 1.165) is 37.3 Å². The van der Waals surface area contributed by atoms with Crippen molar-refractivity contribution in [1.29, 1.82) is 0 Å². The van der Waals surface area contributed by atoms with E-state index in [1.807, 2.05) is 17.0 Å². The van der Waals surface area contributed by atoms with E-state index in [2.05, 4.69) is 48.4 Å². The van der Waals surface area contributed by atoms with E-state index in [9.17, 15) is 4.79 Å². The molecule has 168 valence electrons. The van der Waals surface area contributed by atoms with Gasteiger partial charge in [-0.2, -0.15) is 11.8 Å². The summed E-state index contributed by atoms with van der Waals surface area (Å²) in [6.07, 6.45) is 6.43. The number of amides is 1. The molecule has 0 radical (unpaired) electrons. The number of guanidine groups is 1. The summed E-state index contributed by atoms with van der Waals surface area (Å²) in [6.45, 7) is 7.39. The third-order valence-corrected chi connectivity index (χ3v) is 6.96. The molecule has 3 rings (SSSR count). The Hall–Kier alpha value is -0.960. The van der Waals surface area contributed by atoms with E-state index in [0.29, 0.717) is 19.0 Å². The summed E-state index contributed by atoms with van der Waals surface area (Å²) in [5, 5.41) is 7.77. The second-order valence-electron chi connectivity index (χ2n) is 7.97. The van der Waals surface area contributed by atoms with Gasteiger partial charge in [-0.25, -0.2) is 0 Å². The molecule has 2 N–H and O–H groups in total. The summed E-state index contributed by atoms with van der Waals surface area (Å²) in [5.41, 5.74) is 2.56. The first-order chi connectivity index (χ1) is 14.2. The van der Waals surface area contributed by atoms with Crippen LogP contribution in [0, 0.1) is 0 Å². The molecule has 0 bridgehead atoms. The van der Waals surface area contributed by atoms with Crippen LogP contribution in [-0.2, 0) is 17.9 Å². The lowest BCUT2D eigenvalue weighted by Crippen LogP contribution is -2.45. The van der Waals surface area contributed by atoms with Crippen molar-refractivity contribution in [2.24, 2.45) is 4.99 Å². The van der Waals surface area contributed by atoms with E-state index in [1.165, 1.54) is 42.6 Å². The number of nitrogens with one attached hydrogen (secondary N) is 2. The first-order valence-corrected chi connectivity index (χ1v) is 12.3. The Kier molecular flexibility index (Phi) is 11.3. The first kappa shape index (κ1) is 25.3. The molecular weight excluding hydrogens is 507 g/mol. The molecule has 2 atom stereocenters. The number of rotatable bonds is 8. The lowest BCUT2D eigenvalue weighted by molar-refractivity contribution is -0.131. The average Bonchev–Trinajstić information content (AvgIpc) is 3.16. The SMILES string of the molecule is CCNC(=NCCCC(=O)N1Cc2ccccc2C1)NC1CCCC(SCC)C1.I. The molecular formula is C23H37IN4OS. The number of benzene rings is 1. The van der Waals surface area contributed by atoms with Crippen LogP contribution < -0.4 is 10.6 Å². The Morgan fingerprint density at radius 3 is 2.60 bits per heavy atom. The van der Waals surface area contributed by atoms with Gasteiger partial charge >= 0.3 is 0 Å². The van der Waals surface area contributed by atoms with Crippen LogP contribution in [0.3, 0.4) is 0 Å². The van der Waals surface area contributed by atoms with Gasteiger partial charge in [0, 0.05) is 43.9 Å². The number of carbonyl (C=O) groups excluding carboxylic acids is 1. The summed E-state index contributed by atoms with van der Waals surface area (Å²) >= 11 is 2.09. The van der Waals surface area contributed by atoms with Crippen LogP contribution in [0.15, 0.2) is 29.3 Å². The van der Waals surface area contributed by atoms with Gasteiger partial charge in [0.25, 0.3) is 0 Å². The number of carbonyl (C=O) groups is 1. The lowest BCUT2D eigenvalue weighted by Gasteiger charge is -2.30. The fraction of sp³-hybridized carbons (Fsp3) is 0.652. The highest BCUT2D eigenvalue weighted by Gasteiger charge is 2.23. The van der Waals surface area contributed by atoms with Crippen molar-refractivity contribution in [3.63, 3.8) is 0 Å². The maximum Gasteiger partial charge on any atom is 0.223 e. The predicted molar refractivity (Wildman–Crippen MR) is 139 cm³/mol. The highest BCUT2D eigenvalue weighted by atomic mass is 127. The van der Waals surface area contributed by atoms with Crippen molar-refractivity contribution in [3.8, 4) is 0 Å². The van der Waals surface area contributed by atoms with Crippen LogP contribution in [0.25, 0.3) is 0 Å². The van der Waals surface area contributed by atoms with E-state index in [4.69, 9.17) is 4.99 Å². The van der Waals surface area contributed by atoms with Gasteiger partial charge in [0.1, 0.15) is 0 Å². The van der Waals surface area contributed by atoms with Crippen LogP contribution in [-0.4, -0.2) is 46.9 Å². The Labute approximate surface area is 203 Å². The topological polar surface area (TPSA) is 56.7 Å². The van der Waals surface area contributed by atoms with Gasteiger partial charge in [-0.1, -0.05) is 37.6 Å². The van der Waals surface area contributed by atoms with Crippen LogP contribution >= 0.6 is 35.7 Å². The second-order valence-corrected chi connectivity index (χ2v) is 9.55. The van der Waals surface area contributed by atoms with Gasteiger partial charge in [0.05, 0.1) is 0 Å². The fourth-order valence-corrected chi connectivity index (χ4v) is 5.44. The van der Waals surface area contributed by atoms with Gasteiger partial charge in [-0.05, 0) is 49.5 Å². The molecule has 0 saturated heterocycles. The highest BCUT2D eigenvalue weighted by Crippen LogP contribution is 2.28. The summed E-state index contributed by atoms with van der Waals surface area (Å²) in [6, 6.07) is 8.85. The number of nitrogens with zero attached hydrogens (tertiary/aromatic N) is 2.